The van der Waals surface area contributed by atoms with E-state index < -0.39 is 49.4 Å². The van der Waals surface area contributed by atoms with Crippen LogP contribution in [0.1, 0.15) is 36.0 Å². The van der Waals surface area contributed by atoms with Crippen molar-refractivity contribution in [3.05, 3.63) is 80.4 Å². The van der Waals surface area contributed by atoms with E-state index in [-0.39, 0.29) is 32.0 Å². The van der Waals surface area contributed by atoms with E-state index in [4.69, 9.17) is 28.0 Å². The summed E-state index contributed by atoms with van der Waals surface area (Å²) in [6.07, 6.45) is -1.48. The molecule has 1 aliphatic heterocycles. The van der Waals surface area contributed by atoms with Crippen LogP contribution in [0.3, 0.4) is 0 Å². The summed E-state index contributed by atoms with van der Waals surface area (Å²) in [5, 5.41) is 0. The number of nitrogens with zero attached hydrogens (tertiary/aromatic N) is 1. The number of methoxy groups -OCH3 is 1. The van der Waals surface area contributed by atoms with Crippen LogP contribution in [0.15, 0.2) is 58.0 Å². The van der Waals surface area contributed by atoms with Crippen LogP contribution in [-0.2, 0) is 32.6 Å². The Kier molecular flexibility index (Phi) is 10.8. The second kappa shape index (κ2) is 13.8. The van der Waals surface area contributed by atoms with Crippen LogP contribution in [-0.4, -0.2) is 67.4 Å². The number of rotatable bonds is 13. The van der Waals surface area contributed by atoms with Gasteiger partial charge in [-0.05, 0) is 39.0 Å². The van der Waals surface area contributed by atoms with Gasteiger partial charge < -0.3 is 28.0 Å². The predicted molar refractivity (Wildman–Crippen MR) is 137 cm³/mol. The van der Waals surface area contributed by atoms with Crippen molar-refractivity contribution in [3.8, 4) is 0 Å². The molecule has 0 spiro atoms. The highest BCUT2D eigenvalue weighted by Crippen LogP contribution is 2.50. The van der Waals surface area contributed by atoms with Gasteiger partial charge in [0.1, 0.15) is 12.2 Å². The summed E-state index contributed by atoms with van der Waals surface area (Å²) >= 11 is 0. The lowest BCUT2D eigenvalue weighted by molar-refractivity contribution is -0.0812. The molecular weight excluding hydrogens is 519 g/mol. The second-order valence-electron chi connectivity index (χ2n) is 8.25. The molecule has 1 fully saturated rings. The van der Waals surface area contributed by atoms with Crippen LogP contribution < -0.4 is 11.2 Å². The number of carbonyl (C=O) groups is 1. The molecule has 2 heterocycles. The van der Waals surface area contributed by atoms with E-state index in [1.165, 1.54) is 32.1 Å². The minimum Gasteiger partial charge on any atom is -0.453 e. The van der Waals surface area contributed by atoms with E-state index in [9.17, 15) is 18.9 Å². The van der Waals surface area contributed by atoms with E-state index in [1.54, 1.807) is 44.2 Å². The Hall–Kier alpha value is -2.86. The molecule has 1 aromatic carbocycles. The first-order chi connectivity index (χ1) is 18.2. The van der Waals surface area contributed by atoms with Gasteiger partial charge in [0.2, 0.25) is 0 Å². The molecule has 0 saturated carbocycles. The molecule has 38 heavy (non-hydrogen) atoms. The third-order valence-corrected chi connectivity index (χ3v) is 7.35. The first-order valence-corrected chi connectivity index (χ1v) is 13.8. The van der Waals surface area contributed by atoms with E-state index in [0.717, 1.165) is 4.57 Å². The van der Waals surface area contributed by atoms with Gasteiger partial charge in [-0.15, -0.1) is 0 Å². The fraction of sp³-hybridized carbons (Fsp3) is 0.480. The third kappa shape index (κ3) is 7.37. The lowest BCUT2D eigenvalue weighted by Gasteiger charge is -2.25. The molecule has 2 aromatic rings. The summed E-state index contributed by atoms with van der Waals surface area (Å²) in [6, 6.07) is 8.33. The monoisotopic (exact) mass is 552 g/mol. The Morgan fingerprint density at radius 3 is 2.42 bits per heavy atom. The fourth-order valence-electron chi connectivity index (χ4n) is 3.84. The van der Waals surface area contributed by atoms with Crippen molar-refractivity contribution in [2.45, 2.75) is 45.3 Å². The van der Waals surface area contributed by atoms with Crippen LogP contribution >= 0.6 is 7.60 Å². The van der Waals surface area contributed by atoms with E-state index in [1.807, 2.05) is 0 Å². The largest absolute Gasteiger partial charge is 0.453 e. The number of carbonyl (C=O) groups excluding carboxylic acids is 1. The number of benzene rings is 1. The molecule has 1 aliphatic rings. The Morgan fingerprint density at radius 2 is 1.79 bits per heavy atom. The number of aromatic nitrogens is 2. The first kappa shape index (κ1) is 29.7. The number of ether oxygens (including phenoxy) is 4. The van der Waals surface area contributed by atoms with Gasteiger partial charge in [-0.2, -0.15) is 0 Å². The Labute approximate surface area is 220 Å². The van der Waals surface area contributed by atoms with Gasteiger partial charge in [0.25, 0.3) is 5.56 Å². The Bertz CT molecular complexity index is 1250. The lowest BCUT2D eigenvalue weighted by Crippen LogP contribution is -2.41. The number of aromatic amines is 1. The Balaban J connectivity index is 2.05. The number of hydrogen-bond donors (Lipinski definition) is 1. The molecule has 13 heteroatoms. The number of H-pyrrole nitrogens is 1. The first-order valence-electron chi connectivity index (χ1n) is 12.1. The third-order valence-electron chi connectivity index (χ3n) is 5.57. The Morgan fingerprint density at radius 1 is 1.11 bits per heavy atom. The smallest absolute Gasteiger partial charge is 0.353 e. The molecule has 0 amide bonds. The van der Waals surface area contributed by atoms with Gasteiger partial charge in [0, 0.05) is 24.7 Å². The molecular formula is C25H33N2O10P. The average molecular weight is 553 g/mol. The van der Waals surface area contributed by atoms with Crippen LogP contribution in [0.5, 0.6) is 0 Å². The molecule has 0 aliphatic carbocycles. The predicted octanol–water partition coefficient (Wildman–Crippen LogP) is 2.78. The zero-order chi connectivity index (χ0) is 27.7. The second-order valence-corrected chi connectivity index (χ2v) is 10.1. The highest BCUT2D eigenvalue weighted by molar-refractivity contribution is 7.57. The van der Waals surface area contributed by atoms with Crippen molar-refractivity contribution in [1.29, 1.82) is 0 Å². The molecule has 1 saturated heterocycles. The van der Waals surface area contributed by atoms with Gasteiger partial charge in [-0.3, -0.25) is 18.9 Å². The quantitative estimate of drug-likeness (QED) is 0.224. The summed E-state index contributed by atoms with van der Waals surface area (Å²) in [6.45, 7) is 5.47. The molecule has 208 valence electrons. The SMILES string of the molecule is CCOP(=O)(/C=C/C1O[C@@H](n2cc(C)c(=O)[nH]c2=O)[C@H](OCCOC)[C@@H]1OC(=O)c1ccccc1)OCC. The minimum atomic E-state index is -3.63. The van der Waals surface area contributed by atoms with Crippen molar-refractivity contribution in [3.63, 3.8) is 0 Å². The zero-order valence-corrected chi connectivity index (χ0v) is 22.6. The van der Waals surface area contributed by atoms with Crippen molar-refractivity contribution >= 4 is 13.6 Å². The molecule has 4 atom stereocenters. The summed E-state index contributed by atoms with van der Waals surface area (Å²) in [7, 11) is -2.13. The zero-order valence-electron chi connectivity index (χ0n) is 21.7. The number of esters is 1. The molecule has 1 aromatic heterocycles. The van der Waals surface area contributed by atoms with Gasteiger partial charge >= 0.3 is 19.3 Å². The average Bonchev–Trinajstić information content (AvgIpc) is 3.22. The highest BCUT2D eigenvalue weighted by Gasteiger charge is 2.49. The number of aryl methyl sites for hydroxylation is 1. The maximum Gasteiger partial charge on any atom is 0.353 e. The molecule has 0 bridgehead atoms. The molecule has 12 nitrogen and oxygen atoms in total. The summed E-state index contributed by atoms with van der Waals surface area (Å²) in [5.41, 5.74) is -0.726. The summed E-state index contributed by atoms with van der Waals surface area (Å²) < 4.78 is 47.9. The van der Waals surface area contributed by atoms with Gasteiger partial charge in [0.05, 0.1) is 32.0 Å². The summed E-state index contributed by atoms with van der Waals surface area (Å²) in [4.78, 5) is 40.0. The van der Waals surface area contributed by atoms with Gasteiger partial charge in [-0.1, -0.05) is 18.2 Å². The normalized spacial score (nSPS) is 21.7. The minimum absolute atomic E-state index is 0.0876. The van der Waals surface area contributed by atoms with Crippen molar-refractivity contribution < 1.29 is 37.4 Å². The number of nitrogens with one attached hydrogen (secondary N) is 1. The van der Waals surface area contributed by atoms with Gasteiger partial charge in [-0.25, -0.2) is 9.59 Å². The van der Waals surface area contributed by atoms with Crippen molar-refractivity contribution in [2.24, 2.45) is 0 Å². The molecule has 0 radical (unpaired) electrons. The van der Waals surface area contributed by atoms with Crippen molar-refractivity contribution in [1.82, 2.24) is 9.55 Å². The number of hydrogen-bond acceptors (Lipinski definition) is 10. The molecule has 3 rings (SSSR count). The van der Waals surface area contributed by atoms with Crippen molar-refractivity contribution in [2.75, 3.05) is 33.5 Å². The topological polar surface area (TPSA) is 144 Å². The maximum absolute atomic E-state index is 13.1. The van der Waals surface area contributed by atoms with E-state index >= 15 is 0 Å². The summed E-state index contributed by atoms with van der Waals surface area (Å²) in [5.74, 6) is 0.588. The van der Waals surface area contributed by atoms with E-state index in [2.05, 4.69) is 4.98 Å². The van der Waals surface area contributed by atoms with Gasteiger partial charge in [0.15, 0.2) is 12.3 Å². The molecule has 1 unspecified atom stereocenters. The van der Waals surface area contributed by atoms with Crippen LogP contribution in [0.2, 0.25) is 0 Å². The lowest BCUT2D eigenvalue weighted by atomic mass is 10.1. The van der Waals surface area contributed by atoms with Crippen LogP contribution in [0, 0.1) is 6.92 Å². The standard InChI is InChI=1S/C25H33N2O10P/c1-5-34-38(31,35-6-2)15-12-19-20(37-24(29)18-10-8-7-9-11-18)21(33-14-13-32-4)23(36-19)27-16-17(3)22(28)26-25(27)30/h7-12,15-16,19-21,23H,5-6,13-14H2,1-4H3,(H,26,28,30)/b15-12+/t19?,20-,21-,23-/m1/s1. The van der Waals surface area contributed by atoms with Crippen LogP contribution in [0.25, 0.3) is 0 Å². The highest BCUT2D eigenvalue weighted by atomic mass is 31.2. The van der Waals surface area contributed by atoms with E-state index in [0.29, 0.717) is 5.56 Å². The fourth-order valence-corrected chi connectivity index (χ4v) is 5.18. The maximum atomic E-state index is 13.1. The molecule has 1 N–H and O–H groups in total. The van der Waals surface area contributed by atoms with Crippen LogP contribution in [0.4, 0.5) is 0 Å².